The van der Waals surface area contributed by atoms with E-state index in [-0.39, 0.29) is 24.0 Å². The molecule has 33 heavy (non-hydrogen) atoms. The van der Waals surface area contributed by atoms with Crippen LogP contribution in [0.5, 0.6) is 0 Å². The van der Waals surface area contributed by atoms with E-state index in [9.17, 15) is 0 Å². The van der Waals surface area contributed by atoms with Crippen LogP contribution in [0, 0.1) is 0 Å². The first kappa shape index (κ1) is 26.0. The number of halogens is 1. The molecule has 2 aliphatic rings. The summed E-state index contributed by atoms with van der Waals surface area (Å²) >= 11 is 0. The lowest BCUT2D eigenvalue weighted by Gasteiger charge is -2.39. The lowest BCUT2D eigenvalue weighted by Crippen LogP contribution is -2.52. The highest BCUT2D eigenvalue weighted by atomic mass is 127. The second-order valence-corrected chi connectivity index (χ2v) is 9.25. The van der Waals surface area contributed by atoms with Crippen LogP contribution in [0.25, 0.3) is 0 Å². The SMILES string of the molecule is CCNC(=NCc1c(CC)nn(C)c1CC)NC1CC2CCC(C1)N2Cc1ccccc1.I. The largest absolute Gasteiger partial charge is 0.357 e. The van der Waals surface area contributed by atoms with Crippen molar-refractivity contribution in [3.05, 3.63) is 52.8 Å². The van der Waals surface area contributed by atoms with E-state index in [4.69, 9.17) is 10.1 Å². The van der Waals surface area contributed by atoms with Crippen LogP contribution in [0.4, 0.5) is 0 Å². The van der Waals surface area contributed by atoms with E-state index in [1.54, 1.807) is 0 Å². The van der Waals surface area contributed by atoms with Gasteiger partial charge in [0.05, 0.1) is 12.2 Å². The van der Waals surface area contributed by atoms with E-state index >= 15 is 0 Å². The van der Waals surface area contributed by atoms with Crippen LogP contribution in [0.1, 0.15) is 69.0 Å². The van der Waals surface area contributed by atoms with Crippen molar-refractivity contribution in [1.82, 2.24) is 25.3 Å². The zero-order valence-corrected chi connectivity index (χ0v) is 23.0. The van der Waals surface area contributed by atoms with Crippen LogP contribution in [-0.2, 0) is 33.0 Å². The van der Waals surface area contributed by atoms with Crippen LogP contribution in [0.3, 0.4) is 0 Å². The Morgan fingerprint density at radius 1 is 1.06 bits per heavy atom. The van der Waals surface area contributed by atoms with Gasteiger partial charge in [-0.15, -0.1) is 24.0 Å². The van der Waals surface area contributed by atoms with Gasteiger partial charge < -0.3 is 10.6 Å². The number of benzene rings is 1. The van der Waals surface area contributed by atoms with Gasteiger partial charge in [0.25, 0.3) is 0 Å². The first-order valence-electron chi connectivity index (χ1n) is 12.5. The minimum absolute atomic E-state index is 0. The van der Waals surface area contributed by atoms with Crippen molar-refractivity contribution in [3.63, 3.8) is 0 Å². The van der Waals surface area contributed by atoms with Gasteiger partial charge in [-0.1, -0.05) is 44.2 Å². The fourth-order valence-electron chi connectivity index (χ4n) is 5.69. The van der Waals surface area contributed by atoms with E-state index in [2.05, 4.69) is 66.6 Å². The van der Waals surface area contributed by atoms with E-state index < -0.39 is 0 Å². The third kappa shape index (κ3) is 6.10. The number of hydrogen-bond donors (Lipinski definition) is 2. The average molecular weight is 565 g/mol. The monoisotopic (exact) mass is 564 g/mol. The number of aliphatic imine (C=N–C) groups is 1. The molecule has 0 radical (unpaired) electrons. The molecule has 2 saturated heterocycles. The van der Waals surface area contributed by atoms with Gasteiger partial charge in [0.2, 0.25) is 0 Å². The highest BCUT2D eigenvalue weighted by molar-refractivity contribution is 14.0. The minimum atomic E-state index is 0. The summed E-state index contributed by atoms with van der Waals surface area (Å²) in [4.78, 5) is 7.74. The van der Waals surface area contributed by atoms with Gasteiger partial charge in [0.1, 0.15) is 0 Å². The van der Waals surface area contributed by atoms with Gasteiger partial charge >= 0.3 is 0 Å². The summed E-state index contributed by atoms with van der Waals surface area (Å²) in [6.07, 6.45) is 6.97. The predicted molar refractivity (Wildman–Crippen MR) is 147 cm³/mol. The van der Waals surface area contributed by atoms with Crippen LogP contribution in [0.15, 0.2) is 35.3 Å². The minimum Gasteiger partial charge on any atom is -0.357 e. The molecule has 0 aliphatic carbocycles. The number of nitrogens with one attached hydrogen (secondary N) is 2. The lowest BCUT2D eigenvalue weighted by molar-refractivity contribution is 0.114. The Balaban J connectivity index is 0.00000306. The summed E-state index contributed by atoms with van der Waals surface area (Å²) in [6, 6.07) is 12.8. The Bertz CT molecular complexity index is 895. The van der Waals surface area contributed by atoms with Crippen LogP contribution >= 0.6 is 24.0 Å². The van der Waals surface area contributed by atoms with E-state index in [0.29, 0.717) is 24.7 Å². The molecule has 2 bridgehead atoms. The van der Waals surface area contributed by atoms with Crippen molar-refractivity contribution in [1.29, 1.82) is 0 Å². The molecular formula is C26H41IN6. The number of fused-ring (bicyclic) bond motifs is 2. The molecule has 2 atom stereocenters. The summed E-state index contributed by atoms with van der Waals surface area (Å²) < 4.78 is 2.03. The van der Waals surface area contributed by atoms with Gasteiger partial charge in [-0.3, -0.25) is 9.58 Å². The number of rotatable bonds is 8. The number of aromatic nitrogens is 2. The maximum absolute atomic E-state index is 4.99. The molecule has 1 aromatic heterocycles. The number of nitrogens with zero attached hydrogens (tertiary/aromatic N) is 4. The van der Waals surface area contributed by atoms with Gasteiger partial charge in [-0.05, 0) is 51.0 Å². The smallest absolute Gasteiger partial charge is 0.191 e. The fourth-order valence-corrected chi connectivity index (χ4v) is 5.69. The maximum atomic E-state index is 4.99. The highest BCUT2D eigenvalue weighted by Gasteiger charge is 2.40. The molecule has 7 heteroatoms. The molecular weight excluding hydrogens is 523 g/mol. The van der Waals surface area contributed by atoms with Crippen molar-refractivity contribution in [2.45, 2.75) is 90.5 Å². The first-order valence-corrected chi connectivity index (χ1v) is 12.5. The predicted octanol–water partition coefficient (Wildman–Crippen LogP) is 4.41. The molecule has 1 aromatic carbocycles. The molecule has 0 amide bonds. The van der Waals surface area contributed by atoms with Gasteiger partial charge in [-0.25, -0.2) is 4.99 Å². The molecule has 0 saturated carbocycles. The van der Waals surface area contributed by atoms with Crippen LogP contribution in [-0.4, -0.2) is 45.3 Å². The molecule has 2 aliphatic heterocycles. The van der Waals surface area contributed by atoms with Crippen molar-refractivity contribution >= 4 is 29.9 Å². The van der Waals surface area contributed by atoms with E-state index in [0.717, 1.165) is 31.9 Å². The molecule has 2 aromatic rings. The molecule has 0 spiro atoms. The zero-order valence-electron chi connectivity index (χ0n) is 20.7. The topological polar surface area (TPSA) is 57.5 Å². The second-order valence-electron chi connectivity index (χ2n) is 9.25. The Kier molecular flexibility index (Phi) is 9.61. The molecule has 3 heterocycles. The summed E-state index contributed by atoms with van der Waals surface area (Å²) in [5, 5.41) is 12.0. The Morgan fingerprint density at radius 2 is 1.76 bits per heavy atom. The van der Waals surface area contributed by atoms with Crippen molar-refractivity contribution in [2.24, 2.45) is 12.0 Å². The summed E-state index contributed by atoms with van der Waals surface area (Å²) in [7, 11) is 2.05. The van der Waals surface area contributed by atoms with Gasteiger partial charge in [0.15, 0.2) is 5.96 Å². The van der Waals surface area contributed by atoms with Crippen molar-refractivity contribution in [2.75, 3.05) is 6.54 Å². The quantitative estimate of drug-likeness (QED) is 0.284. The van der Waals surface area contributed by atoms with Gasteiger partial charge in [0, 0.05) is 49.5 Å². The Morgan fingerprint density at radius 3 is 2.36 bits per heavy atom. The number of aryl methyl sites for hydroxylation is 2. The van der Waals surface area contributed by atoms with Crippen molar-refractivity contribution < 1.29 is 0 Å². The Labute approximate surface area is 216 Å². The lowest BCUT2D eigenvalue weighted by atomic mass is 9.96. The van der Waals surface area contributed by atoms with Crippen LogP contribution in [0.2, 0.25) is 0 Å². The molecule has 2 N–H and O–H groups in total. The number of guanidine groups is 1. The average Bonchev–Trinajstić information content (AvgIpc) is 3.23. The van der Waals surface area contributed by atoms with Gasteiger partial charge in [-0.2, -0.15) is 5.10 Å². The molecule has 2 fully saturated rings. The molecule has 4 rings (SSSR count). The summed E-state index contributed by atoms with van der Waals surface area (Å²) in [5.74, 6) is 0.946. The zero-order chi connectivity index (χ0) is 22.5. The third-order valence-corrected chi connectivity index (χ3v) is 7.20. The summed E-state index contributed by atoms with van der Waals surface area (Å²) in [5.41, 5.74) is 5.21. The van der Waals surface area contributed by atoms with E-state index in [1.807, 2.05) is 11.7 Å². The molecule has 6 nitrogen and oxygen atoms in total. The maximum Gasteiger partial charge on any atom is 0.191 e. The number of hydrogen-bond acceptors (Lipinski definition) is 3. The fraction of sp³-hybridized carbons (Fsp3) is 0.615. The first-order chi connectivity index (χ1) is 15.6. The Hall–Kier alpha value is -1.61. The van der Waals surface area contributed by atoms with Crippen molar-refractivity contribution in [3.8, 4) is 0 Å². The van der Waals surface area contributed by atoms with Crippen LogP contribution < -0.4 is 10.6 Å². The summed E-state index contributed by atoms with van der Waals surface area (Å²) in [6.45, 7) is 9.17. The molecule has 182 valence electrons. The third-order valence-electron chi connectivity index (χ3n) is 7.20. The highest BCUT2D eigenvalue weighted by Crippen LogP contribution is 2.36. The normalized spacial score (nSPS) is 22.8. The molecule has 2 unspecified atom stereocenters. The number of piperidine rings is 1. The standard InChI is InChI=1S/C26H40N6.HI/c1-5-24-23(25(6-2)31(4)30-24)17-28-26(27-7-3)29-20-15-21-13-14-22(16-20)32(21)18-19-11-9-8-10-12-19;/h8-12,20-22H,5-7,13-18H2,1-4H3,(H2,27,28,29);1H. The second kappa shape index (κ2) is 12.2. The van der Waals surface area contributed by atoms with E-state index in [1.165, 1.54) is 48.2 Å².